The lowest BCUT2D eigenvalue weighted by Gasteiger charge is -2.33. The molecule has 1 aromatic carbocycles. The van der Waals surface area contributed by atoms with E-state index in [-0.39, 0.29) is 24.0 Å². The van der Waals surface area contributed by atoms with Gasteiger partial charge >= 0.3 is 6.61 Å². The first-order valence-corrected chi connectivity index (χ1v) is 7.55. The minimum Gasteiger partial charge on any atom is -0.435 e. The quantitative estimate of drug-likeness (QED) is 0.847. The van der Waals surface area contributed by atoms with Gasteiger partial charge in [0.2, 0.25) is 0 Å². The van der Waals surface area contributed by atoms with Crippen molar-refractivity contribution in [3.8, 4) is 5.75 Å². The molecule has 0 spiro atoms. The molecule has 0 bridgehead atoms. The Morgan fingerprint density at radius 3 is 2.64 bits per heavy atom. The number of aliphatic hydroxyl groups excluding tert-OH is 1. The zero-order valence-corrected chi connectivity index (χ0v) is 12.8. The third-order valence-corrected chi connectivity index (χ3v) is 3.77. The molecular formula is C16H23F2NO3. The van der Waals surface area contributed by atoms with Crippen LogP contribution in [0.4, 0.5) is 8.78 Å². The Kier molecular flexibility index (Phi) is 6.11. The van der Waals surface area contributed by atoms with Gasteiger partial charge in [-0.15, -0.1) is 0 Å². The van der Waals surface area contributed by atoms with E-state index >= 15 is 0 Å². The monoisotopic (exact) mass is 315 g/mol. The Morgan fingerprint density at radius 2 is 2.00 bits per heavy atom. The summed E-state index contributed by atoms with van der Waals surface area (Å²) in [4.78, 5) is 0. The van der Waals surface area contributed by atoms with Crippen LogP contribution in [0, 0.1) is 0 Å². The van der Waals surface area contributed by atoms with Crippen molar-refractivity contribution in [2.45, 2.75) is 57.7 Å². The second kappa shape index (κ2) is 7.85. The summed E-state index contributed by atoms with van der Waals surface area (Å²) in [5.74, 6) is 0.0554. The number of alkyl halides is 2. The molecule has 1 heterocycles. The summed E-state index contributed by atoms with van der Waals surface area (Å²) in [6.45, 7) is 1.57. The lowest BCUT2D eigenvalue weighted by atomic mass is 9.99. The second-order valence-corrected chi connectivity index (χ2v) is 5.80. The predicted molar refractivity (Wildman–Crippen MR) is 79.1 cm³/mol. The van der Waals surface area contributed by atoms with Gasteiger partial charge in [-0.05, 0) is 44.4 Å². The molecule has 0 aromatic heterocycles. The lowest BCUT2D eigenvalue weighted by Crippen LogP contribution is -2.42. The van der Waals surface area contributed by atoms with Gasteiger partial charge in [0, 0.05) is 12.6 Å². The van der Waals surface area contributed by atoms with E-state index in [1.807, 2.05) is 13.8 Å². The van der Waals surface area contributed by atoms with Crippen LogP contribution in [0.15, 0.2) is 24.3 Å². The van der Waals surface area contributed by atoms with Gasteiger partial charge in [0.25, 0.3) is 0 Å². The molecule has 22 heavy (non-hydrogen) atoms. The molecule has 0 saturated carbocycles. The first-order chi connectivity index (χ1) is 10.4. The average molecular weight is 315 g/mol. The van der Waals surface area contributed by atoms with Gasteiger partial charge in [0.15, 0.2) is 0 Å². The maximum Gasteiger partial charge on any atom is 0.387 e. The highest BCUT2D eigenvalue weighted by Crippen LogP contribution is 2.22. The van der Waals surface area contributed by atoms with Gasteiger partial charge in [-0.3, -0.25) is 0 Å². The minimum absolute atomic E-state index is 0.0554. The van der Waals surface area contributed by atoms with Crippen LogP contribution in [0.25, 0.3) is 0 Å². The first-order valence-electron chi connectivity index (χ1n) is 7.55. The molecule has 124 valence electrons. The SMILES string of the molecule is C[C@@H]1CC(NC[C@@H](O)c2cccc(OC(F)F)c2)C[C@H](C)O1. The standard InChI is InChI=1S/C16H23F2NO3/c1-10-6-13(7-11(2)21-10)19-9-15(20)12-4-3-5-14(8-12)22-16(17)18/h3-5,8,10-11,13,15-16,19-20H,6-7,9H2,1-2H3/t10-,11+,13?,15-/m1/s1. The van der Waals surface area contributed by atoms with Crippen molar-refractivity contribution < 1.29 is 23.4 Å². The molecule has 0 amide bonds. The van der Waals surface area contributed by atoms with Crippen LogP contribution in [0.3, 0.4) is 0 Å². The van der Waals surface area contributed by atoms with E-state index in [2.05, 4.69) is 10.1 Å². The maximum atomic E-state index is 12.2. The lowest BCUT2D eigenvalue weighted by molar-refractivity contribution is -0.0499. The van der Waals surface area contributed by atoms with E-state index in [9.17, 15) is 13.9 Å². The molecular weight excluding hydrogens is 292 g/mol. The van der Waals surface area contributed by atoms with E-state index in [1.54, 1.807) is 12.1 Å². The molecule has 1 aromatic rings. The predicted octanol–water partition coefficient (Wildman–Crippen LogP) is 2.87. The topological polar surface area (TPSA) is 50.7 Å². The first kappa shape index (κ1) is 17.1. The van der Waals surface area contributed by atoms with Gasteiger partial charge in [-0.2, -0.15) is 8.78 Å². The average Bonchev–Trinajstić information content (AvgIpc) is 2.43. The summed E-state index contributed by atoms with van der Waals surface area (Å²) in [5.41, 5.74) is 0.554. The fourth-order valence-electron chi connectivity index (χ4n) is 2.87. The van der Waals surface area contributed by atoms with Crippen LogP contribution in [0.1, 0.15) is 38.4 Å². The molecule has 1 aliphatic rings. The fourth-order valence-corrected chi connectivity index (χ4v) is 2.87. The zero-order chi connectivity index (χ0) is 16.1. The van der Waals surface area contributed by atoms with Gasteiger partial charge in [0.1, 0.15) is 5.75 Å². The van der Waals surface area contributed by atoms with Crippen molar-refractivity contribution in [3.63, 3.8) is 0 Å². The number of benzene rings is 1. The Bertz CT molecular complexity index is 462. The van der Waals surface area contributed by atoms with Crippen molar-refractivity contribution in [2.24, 2.45) is 0 Å². The molecule has 6 heteroatoms. The molecule has 0 radical (unpaired) electrons. The summed E-state index contributed by atoms with van der Waals surface area (Å²) >= 11 is 0. The number of hydrogen-bond acceptors (Lipinski definition) is 4. The number of ether oxygens (including phenoxy) is 2. The van der Waals surface area contributed by atoms with Crippen LogP contribution >= 0.6 is 0 Å². The highest BCUT2D eigenvalue weighted by atomic mass is 19.3. The normalized spacial score (nSPS) is 26.9. The summed E-state index contributed by atoms with van der Waals surface area (Å²) in [5, 5.41) is 13.5. The summed E-state index contributed by atoms with van der Waals surface area (Å²) in [6, 6.07) is 6.45. The summed E-state index contributed by atoms with van der Waals surface area (Å²) in [6.07, 6.45) is 1.41. The van der Waals surface area contributed by atoms with E-state index in [1.165, 1.54) is 12.1 Å². The molecule has 0 aliphatic carbocycles. The Balaban J connectivity index is 1.87. The van der Waals surface area contributed by atoms with Crippen molar-refractivity contribution in [1.29, 1.82) is 0 Å². The molecule has 1 saturated heterocycles. The molecule has 2 N–H and O–H groups in total. The maximum absolute atomic E-state index is 12.2. The van der Waals surface area contributed by atoms with Crippen LogP contribution in [0.5, 0.6) is 5.75 Å². The van der Waals surface area contributed by atoms with Crippen LogP contribution in [-0.4, -0.2) is 36.5 Å². The largest absolute Gasteiger partial charge is 0.435 e. The van der Waals surface area contributed by atoms with Crippen LogP contribution in [0.2, 0.25) is 0 Å². The third-order valence-electron chi connectivity index (χ3n) is 3.77. The van der Waals surface area contributed by atoms with Gasteiger partial charge < -0.3 is 19.9 Å². The highest BCUT2D eigenvalue weighted by molar-refractivity contribution is 5.30. The smallest absolute Gasteiger partial charge is 0.387 e. The van der Waals surface area contributed by atoms with Crippen molar-refractivity contribution in [1.82, 2.24) is 5.32 Å². The number of halogens is 2. The molecule has 4 nitrogen and oxygen atoms in total. The molecule has 1 unspecified atom stereocenters. The number of hydrogen-bond donors (Lipinski definition) is 2. The fraction of sp³-hybridized carbons (Fsp3) is 0.625. The van der Waals surface area contributed by atoms with E-state index < -0.39 is 12.7 Å². The van der Waals surface area contributed by atoms with Gasteiger partial charge in [-0.25, -0.2) is 0 Å². The summed E-state index contributed by atoms with van der Waals surface area (Å²) in [7, 11) is 0. The van der Waals surface area contributed by atoms with Crippen molar-refractivity contribution in [3.05, 3.63) is 29.8 Å². The molecule has 1 aliphatic heterocycles. The van der Waals surface area contributed by atoms with E-state index in [0.29, 0.717) is 12.1 Å². The molecule has 2 rings (SSSR count). The minimum atomic E-state index is -2.87. The second-order valence-electron chi connectivity index (χ2n) is 5.80. The zero-order valence-electron chi connectivity index (χ0n) is 12.8. The van der Waals surface area contributed by atoms with Gasteiger partial charge in [-0.1, -0.05) is 12.1 Å². The Labute approximate surface area is 129 Å². The molecule has 1 fully saturated rings. The van der Waals surface area contributed by atoms with E-state index in [4.69, 9.17) is 4.74 Å². The number of rotatable bonds is 6. The highest BCUT2D eigenvalue weighted by Gasteiger charge is 2.24. The Hall–Kier alpha value is -1.24. The van der Waals surface area contributed by atoms with Crippen molar-refractivity contribution in [2.75, 3.05) is 6.54 Å². The third kappa shape index (κ3) is 5.19. The van der Waals surface area contributed by atoms with Gasteiger partial charge in [0.05, 0.1) is 18.3 Å². The molecule has 4 atom stereocenters. The van der Waals surface area contributed by atoms with Crippen LogP contribution < -0.4 is 10.1 Å². The Morgan fingerprint density at radius 1 is 1.32 bits per heavy atom. The summed E-state index contributed by atoms with van der Waals surface area (Å²) < 4.78 is 34.4. The number of aliphatic hydroxyl groups is 1. The van der Waals surface area contributed by atoms with Crippen molar-refractivity contribution >= 4 is 0 Å². The van der Waals surface area contributed by atoms with Crippen LogP contribution in [-0.2, 0) is 4.74 Å². The van der Waals surface area contributed by atoms with E-state index in [0.717, 1.165) is 12.8 Å². The number of nitrogens with one attached hydrogen (secondary N) is 1.